The van der Waals surface area contributed by atoms with E-state index in [0.717, 1.165) is 0 Å². The summed E-state index contributed by atoms with van der Waals surface area (Å²) in [4.78, 5) is 16.6. The molecule has 2 rings (SSSR count). The quantitative estimate of drug-likeness (QED) is 0.749. The predicted molar refractivity (Wildman–Crippen MR) is 67.3 cm³/mol. The van der Waals surface area contributed by atoms with Crippen molar-refractivity contribution < 1.29 is 14.2 Å². The van der Waals surface area contributed by atoms with Gasteiger partial charge < -0.3 is 11.5 Å². The largest absolute Gasteiger partial charge is 0.352 e. The van der Waals surface area contributed by atoms with Crippen molar-refractivity contribution in [3.63, 3.8) is 0 Å². The van der Waals surface area contributed by atoms with Crippen LogP contribution in [0.25, 0.3) is 0 Å². The van der Waals surface area contributed by atoms with Crippen molar-refractivity contribution in [2.45, 2.75) is 0 Å². The first-order chi connectivity index (χ1) is 7.73. The average molecular weight is 258 g/mol. The van der Waals surface area contributed by atoms with Crippen LogP contribution < -0.4 is 11.5 Å². The van der Waals surface area contributed by atoms with Crippen LogP contribution in [0.5, 0.6) is 0 Å². The van der Waals surface area contributed by atoms with Gasteiger partial charge in [0.2, 0.25) is 0 Å². The van der Waals surface area contributed by atoms with Crippen LogP contribution in [0.4, 0.5) is 14.2 Å². The highest BCUT2D eigenvalue weighted by Gasteiger charge is 1.61. The fraction of sp³-hybridized carbons (Fsp3) is 0. The number of nitrogens with zero attached hydrogens (tertiary/aromatic N) is 2. The number of nitrogens with two attached hydrogens (primary N) is 2. The molecule has 7 heteroatoms. The van der Waals surface area contributed by atoms with Gasteiger partial charge in [0.15, 0.2) is 0 Å². The normalized spacial score (nSPS) is 6.67. The monoisotopic (exact) mass is 258 g/mol. The zero-order valence-electron chi connectivity index (χ0n) is 9.55. The Bertz CT molecular complexity index is 273. The number of hydrogen-bond acceptors (Lipinski definition) is 3. The molecule has 0 radical (unpaired) electrons. The summed E-state index contributed by atoms with van der Waals surface area (Å²) in [5.41, 5.74) is 8.50. The lowest BCUT2D eigenvalue weighted by atomic mass is 10.5. The van der Waals surface area contributed by atoms with Gasteiger partial charge in [-0.25, -0.2) is 4.79 Å². The number of halogens is 2. The number of aromatic nitrogens is 2. The predicted octanol–water partition coefficient (Wildman–Crippen LogP) is 1.49. The molecule has 100 valence electrons. The summed E-state index contributed by atoms with van der Waals surface area (Å²) in [6, 6.07) is 10.6. The number of carbonyl (C=O) groups excluding carboxylic acids is 1. The van der Waals surface area contributed by atoms with E-state index in [2.05, 4.69) is 21.4 Å². The molecule has 2 aromatic rings. The smallest absolute Gasteiger partial charge is 0.309 e. The molecule has 0 spiro atoms. The van der Waals surface area contributed by atoms with Crippen LogP contribution in [-0.2, 0) is 0 Å². The fourth-order valence-corrected chi connectivity index (χ4v) is 0.625. The minimum atomic E-state index is -0.833. The molecule has 0 saturated heterocycles. The van der Waals surface area contributed by atoms with Gasteiger partial charge in [-0.3, -0.25) is 19.4 Å². The van der Waals surface area contributed by atoms with Gasteiger partial charge in [0.25, 0.3) is 0 Å². The fourth-order valence-electron chi connectivity index (χ4n) is 0.625. The third kappa shape index (κ3) is 23.3. The highest BCUT2D eigenvalue weighted by molar-refractivity contribution is 5.69. The lowest BCUT2D eigenvalue weighted by Gasteiger charge is -1.70. The van der Waals surface area contributed by atoms with E-state index in [9.17, 15) is 0 Å². The van der Waals surface area contributed by atoms with Crippen molar-refractivity contribution in [2.75, 3.05) is 0 Å². The molecule has 0 bridgehead atoms. The SMILES string of the molecule is F.F.NC(N)=O.c1ccncc1.c1ccncc1. The Labute approximate surface area is 104 Å². The Balaban J connectivity index is -0.000000182. The van der Waals surface area contributed by atoms with Crippen LogP contribution in [0.1, 0.15) is 0 Å². The summed E-state index contributed by atoms with van der Waals surface area (Å²) in [5, 5.41) is 0. The highest BCUT2D eigenvalue weighted by Crippen LogP contribution is 1.74. The maximum atomic E-state index is 9.00. The van der Waals surface area contributed by atoms with Crippen LogP contribution in [0.2, 0.25) is 0 Å². The molecule has 0 aliphatic carbocycles. The lowest BCUT2D eigenvalue weighted by molar-refractivity contribution is 0.256. The topological polar surface area (TPSA) is 94.9 Å². The third-order valence-electron chi connectivity index (χ3n) is 1.13. The molecule has 0 aliphatic rings. The van der Waals surface area contributed by atoms with Gasteiger partial charge in [-0.15, -0.1) is 0 Å². The molecule has 5 nitrogen and oxygen atoms in total. The summed E-state index contributed by atoms with van der Waals surface area (Å²) < 4.78 is 0. The zero-order chi connectivity index (χ0) is 12.1. The van der Waals surface area contributed by atoms with Gasteiger partial charge in [-0.1, -0.05) is 12.1 Å². The molecule has 0 aliphatic heterocycles. The number of hydrogen-bond donors (Lipinski definition) is 2. The van der Waals surface area contributed by atoms with Gasteiger partial charge in [0.1, 0.15) is 0 Å². The second kappa shape index (κ2) is 16.8. The van der Waals surface area contributed by atoms with Gasteiger partial charge in [-0.05, 0) is 24.3 Å². The molecule has 0 saturated carbocycles. The van der Waals surface area contributed by atoms with Gasteiger partial charge >= 0.3 is 6.03 Å². The second-order valence-corrected chi connectivity index (χ2v) is 2.45. The van der Waals surface area contributed by atoms with E-state index in [1.54, 1.807) is 24.8 Å². The van der Waals surface area contributed by atoms with Crippen LogP contribution in [0, 0.1) is 0 Å². The van der Waals surface area contributed by atoms with Gasteiger partial charge in [0.05, 0.1) is 0 Å². The number of amides is 2. The molecule has 2 heterocycles. The van der Waals surface area contributed by atoms with E-state index >= 15 is 0 Å². The number of rotatable bonds is 0. The molecule has 18 heavy (non-hydrogen) atoms. The summed E-state index contributed by atoms with van der Waals surface area (Å²) in [6.07, 6.45) is 7.00. The van der Waals surface area contributed by atoms with E-state index in [1.807, 2.05) is 36.4 Å². The van der Waals surface area contributed by atoms with Crippen LogP contribution >= 0.6 is 0 Å². The van der Waals surface area contributed by atoms with Crippen LogP contribution in [0.3, 0.4) is 0 Å². The van der Waals surface area contributed by atoms with E-state index < -0.39 is 6.03 Å². The standard InChI is InChI=1S/2C5H5N.CH4N2O.2FH/c2*1-2-4-6-5-3-1;2-1(3)4;;/h2*1-5H;(H4,2,3,4);2*1H. The Kier molecular flexibility index (Phi) is 19.5. The number of primary amides is 2. The minimum absolute atomic E-state index is 0. The molecular formula is C11H16F2N4O. The van der Waals surface area contributed by atoms with Crippen molar-refractivity contribution in [3.8, 4) is 0 Å². The lowest BCUT2D eigenvalue weighted by Crippen LogP contribution is -2.18. The van der Waals surface area contributed by atoms with Crippen molar-refractivity contribution in [1.82, 2.24) is 9.97 Å². The highest BCUT2D eigenvalue weighted by atomic mass is 19.0. The Morgan fingerprint density at radius 2 is 0.889 bits per heavy atom. The van der Waals surface area contributed by atoms with Crippen LogP contribution in [0.15, 0.2) is 61.2 Å². The molecule has 4 N–H and O–H groups in total. The van der Waals surface area contributed by atoms with E-state index in [1.165, 1.54) is 0 Å². The molecule has 2 amide bonds. The first-order valence-electron chi connectivity index (χ1n) is 4.48. The van der Waals surface area contributed by atoms with E-state index in [0.29, 0.717) is 0 Å². The molecular weight excluding hydrogens is 242 g/mol. The number of pyridine rings is 2. The molecule has 0 fully saturated rings. The van der Waals surface area contributed by atoms with Crippen molar-refractivity contribution in [2.24, 2.45) is 11.5 Å². The molecule has 0 atom stereocenters. The average Bonchev–Trinajstić information content (AvgIpc) is 2.34. The Hall–Kier alpha value is -2.57. The first kappa shape index (κ1) is 20.8. The number of urea groups is 1. The maximum Gasteiger partial charge on any atom is 0.309 e. The van der Waals surface area contributed by atoms with E-state index in [-0.39, 0.29) is 9.41 Å². The maximum absolute atomic E-state index is 9.00. The summed E-state index contributed by atoms with van der Waals surface area (Å²) in [5.74, 6) is 0. The van der Waals surface area contributed by atoms with Crippen molar-refractivity contribution in [1.29, 1.82) is 0 Å². The second-order valence-electron chi connectivity index (χ2n) is 2.45. The zero-order valence-corrected chi connectivity index (χ0v) is 9.55. The van der Waals surface area contributed by atoms with E-state index in [4.69, 9.17) is 4.79 Å². The summed E-state index contributed by atoms with van der Waals surface area (Å²) in [6.45, 7) is 0. The summed E-state index contributed by atoms with van der Waals surface area (Å²) >= 11 is 0. The third-order valence-corrected chi connectivity index (χ3v) is 1.13. The Morgan fingerprint density at radius 3 is 0.944 bits per heavy atom. The number of carbonyl (C=O) groups is 1. The molecule has 0 unspecified atom stereocenters. The molecule has 2 aromatic heterocycles. The van der Waals surface area contributed by atoms with Crippen molar-refractivity contribution >= 4 is 6.03 Å². The summed E-state index contributed by atoms with van der Waals surface area (Å²) in [7, 11) is 0. The van der Waals surface area contributed by atoms with Gasteiger partial charge in [-0.2, -0.15) is 0 Å². The molecule has 0 aromatic carbocycles. The minimum Gasteiger partial charge on any atom is -0.352 e. The van der Waals surface area contributed by atoms with Gasteiger partial charge in [0, 0.05) is 24.8 Å². The Morgan fingerprint density at radius 1 is 0.667 bits per heavy atom. The first-order valence-corrected chi connectivity index (χ1v) is 4.48. The van der Waals surface area contributed by atoms with Crippen molar-refractivity contribution in [3.05, 3.63) is 61.2 Å². The van der Waals surface area contributed by atoms with Crippen LogP contribution in [-0.4, -0.2) is 16.0 Å².